The number of hydrogen-bond acceptors (Lipinski definition) is 4. The molecule has 0 bridgehead atoms. The minimum absolute atomic E-state index is 0.235. The van der Waals surface area contributed by atoms with Crippen molar-refractivity contribution < 1.29 is 19.1 Å². The Labute approximate surface area is 169 Å². The summed E-state index contributed by atoms with van der Waals surface area (Å²) >= 11 is 0. The van der Waals surface area contributed by atoms with Gasteiger partial charge in [0, 0.05) is 5.56 Å². The number of carbonyl (C=O) groups is 3. The molecule has 0 saturated carbocycles. The molecule has 1 heterocycles. The van der Waals surface area contributed by atoms with Crippen LogP contribution >= 0.6 is 0 Å². The van der Waals surface area contributed by atoms with E-state index in [1.807, 2.05) is 12.1 Å². The van der Waals surface area contributed by atoms with Gasteiger partial charge in [-0.15, -0.1) is 0 Å². The topological polar surface area (TPSA) is 75.7 Å². The first-order valence-electron chi connectivity index (χ1n) is 9.86. The van der Waals surface area contributed by atoms with Gasteiger partial charge in [-0.2, -0.15) is 0 Å². The zero-order chi connectivity index (χ0) is 20.6. The predicted octanol–water partition coefficient (Wildman–Crippen LogP) is 3.22. The van der Waals surface area contributed by atoms with Crippen LogP contribution in [0.2, 0.25) is 0 Å². The van der Waals surface area contributed by atoms with Crippen LogP contribution < -0.4 is 10.1 Å². The summed E-state index contributed by atoms with van der Waals surface area (Å²) in [6.45, 7) is 1.38. The van der Waals surface area contributed by atoms with Crippen LogP contribution in [-0.2, 0) is 23.2 Å². The highest BCUT2D eigenvalue weighted by Gasteiger charge is 2.49. The summed E-state index contributed by atoms with van der Waals surface area (Å²) in [5.41, 5.74) is 2.46. The normalized spacial score (nSPS) is 21.0. The fourth-order valence-corrected chi connectivity index (χ4v) is 4.10. The third-order valence-electron chi connectivity index (χ3n) is 5.91. The zero-order valence-corrected chi connectivity index (χ0v) is 16.7. The molecular formula is C23H24N2O4. The van der Waals surface area contributed by atoms with Gasteiger partial charge in [-0.05, 0) is 67.5 Å². The van der Waals surface area contributed by atoms with Gasteiger partial charge in [0.25, 0.3) is 5.91 Å². The zero-order valence-electron chi connectivity index (χ0n) is 16.7. The summed E-state index contributed by atoms with van der Waals surface area (Å²) in [6, 6.07) is 12.1. The van der Waals surface area contributed by atoms with Crippen molar-refractivity contribution in [3.05, 3.63) is 64.7 Å². The van der Waals surface area contributed by atoms with Crippen molar-refractivity contribution >= 4 is 17.7 Å². The van der Waals surface area contributed by atoms with Crippen LogP contribution in [0.1, 0.15) is 46.8 Å². The minimum atomic E-state index is -1.21. The number of rotatable bonds is 5. The van der Waals surface area contributed by atoms with Crippen molar-refractivity contribution in [1.82, 2.24) is 10.2 Å². The van der Waals surface area contributed by atoms with E-state index >= 15 is 0 Å². The Morgan fingerprint density at radius 2 is 1.76 bits per heavy atom. The Morgan fingerprint density at radius 1 is 1.07 bits per heavy atom. The minimum Gasteiger partial charge on any atom is -0.497 e. The molecule has 2 aromatic carbocycles. The number of urea groups is 1. The molecule has 150 valence electrons. The molecule has 1 saturated heterocycles. The molecule has 4 rings (SSSR count). The van der Waals surface area contributed by atoms with E-state index in [9.17, 15) is 14.4 Å². The van der Waals surface area contributed by atoms with Crippen LogP contribution in [0.15, 0.2) is 42.5 Å². The summed E-state index contributed by atoms with van der Waals surface area (Å²) in [4.78, 5) is 39.4. The number of benzene rings is 2. The van der Waals surface area contributed by atoms with E-state index in [-0.39, 0.29) is 12.3 Å². The molecule has 3 amide bonds. The van der Waals surface area contributed by atoms with Gasteiger partial charge in [0.2, 0.25) is 0 Å². The smallest absolute Gasteiger partial charge is 0.325 e. The maximum absolute atomic E-state index is 13.1. The van der Waals surface area contributed by atoms with Gasteiger partial charge in [0.15, 0.2) is 5.78 Å². The Hall–Kier alpha value is -3.15. The third kappa shape index (κ3) is 3.39. The van der Waals surface area contributed by atoms with Gasteiger partial charge < -0.3 is 10.1 Å². The summed E-state index contributed by atoms with van der Waals surface area (Å²) in [5, 5.41) is 2.74. The largest absolute Gasteiger partial charge is 0.497 e. The molecule has 6 nitrogen and oxygen atoms in total. The molecule has 2 aliphatic rings. The first-order chi connectivity index (χ1) is 13.9. The molecule has 1 fully saturated rings. The maximum Gasteiger partial charge on any atom is 0.325 e. The molecule has 2 aromatic rings. The average Bonchev–Trinajstić information content (AvgIpc) is 2.97. The molecule has 0 aromatic heterocycles. The molecule has 1 N–H and O–H groups in total. The van der Waals surface area contributed by atoms with Crippen molar-refractivity contribution in [3.8, 4) is 5.75 Å². The van der Waals surface area contributed by atoms with Crippen LogP contribution in [0.3, 0.4) is 0 Å². The van der Waals surface area contributed by atoms with Crippen molar-refractivity contribution in [3.63, 3.8) is 0 Å². The first kappa shape index (κ1) is 19.2. The second kappa shape index (κ2) is 7.35. The molecule has 1 aliphatic heterocycles. The van der Waals surface area contributed by atoms with Crippen molar-refractivity contribution in [2.75, 3.05) is 13.7 Å². The molecule has 0 spiro atoms. The van der Waals surface area contributed by atoms with Crippen LogP contribution in [0.5, 0.6) is 5.75 Å². The lowest BCUT2D eigenvalue weighted by atomic mass is 9.89. The number of amides is 3. The van der Waals surface area contributed by atoms with Crippen molar-refractivity contribution in [1.29, 1.82) is 0 Å². The van der Waals surface area contributed by atoms with Crippen LogP contribution in [0.25, 0.3) is 0 Å². The summed E-state index contributed by atoms with van der Waals surface area (Å²) in [6.07, 6.45) is 4.30. The number of nitrogens with zero attached hydrogens (tertiary/aromatic N) is 1. The number of ether oxygens (including phenoxy) is 1. The van der Waals surface area contributed by atoms with Gasteiger partial charge in [0.1, 0.15) is 11.3 Å². The van der Waals surface area contributed by atoms with E-state index in [4.69, 9.17) is 4.74 Å². The van der Waals surface area contributed by atoms with E-state index in [0.717, 1.165) is 24.2 Å². The standard InChI is InChI=1S/C23H24N2O4/c1-23(18-9-11-19(29-2)12-10-18)21(27)25(22(28)24-23)14-20(26)17-8-7-15-5-3-4-6-16(15)13-17/h7-13H,3-6,14H2,1-2H3,(H,24,28)/t23-/m1/s1. The number of aryl methyl sites for hydroxylation is 2. The third-order valence-corrected chi connectivity index (χ3v) is 5.91. The molecule has 1 atom stereocenters. The average molecular weight is 392 g/mol. The number of ketones is 1. The quantitative estimate of drug-likeness (QED) is 0.626. The number of nitrogens with one attached hydrogen (secondary N) is 1. The second-order valence-electron chi connectivity index (χ2n) is 7.79. The van der Waals surface area contributed by atoms with E-state index in [1.165, 1.54) is 17.5 Å². The van der Waals surface area contributed by atoms with E-state index < -0.39 is 17.5 Å². The fraction of sp³-hybridized carbons (Fsp3) is 0.348. The van der Waals surface area contributed by atoms with Crippen LogP contribution in [0, 0.1) is 0 Å². The number of hydrogen-bond donors (Lipinski definition) is 1. The Balaban J connectivity index is 1.53. The maximum atomic E-state index is 13.1. The highest BCUT2D eigenvalue weighted by molar-refractivity contribution is 6.11. The number of imide groups is 1. The summed E-state index contributed by atoms with van der Waals surface area (Å²) < 4.78 is 5.15. The van der Waals surface area contributed by atoms with Crippen molar-refractivity contribution in [2.45, 2.75) is 38.1 Å². The Kier molecular flexibility index (Phi) is 4.86. The van der Waals surface area contributed by atoms with Crippen LogP contribution in [-0.4, -0.2) is 36.3 Å². The molecular weight excluding hydrogens is 368 g/mol. The Bertz CT molecular complexity index is 983. The molecule has 0 unspecified atom stereocenters. The monoisotopic (exact) mass is 392 g/mol. The molecule has 29 heavy (non-hydrogen) atoms. The number of fused-ring (bicyclic) bond motifs is 1. The van der Waals surface area contributed by atoms with E-state index in [2.05, 4.69) is 5.32 Å². The number of carbonyl (C=O) groups excluding carboxylic acids is 3. The molecule has 6 heteroatoms. The summed E-state index contributed by atoms with van der Waals surface area (Å²) in [7, 11) is 1.56. The lowest BCUT2D eigenvalue weighted by Gasteiger charge is -2.22. The van der Waals surface area contributed by atoms with E-state index in [0.29, 0.717) is 16.9 Å². The lowest BCUT2D eigenvalue weighted by molar-refractivity contribution is -0.130. The van der Waals surface area contributed by atoms with Crippen molar-refractivity contribution in [2.24, 2.45) is 0 Å². The molecule has 1 aliphatic carbocycles. The first-order valence-corrected chi connectivity index (χ1v) is 9.86. The fourth-order valence-electron chi connectivity index (χ4n) is 4.10. The lowest BCUT2D eigenvalue weighted by Crippen LogP contribution is -2.41. The van der Waals surface area contributed by atoms with Gasteiger partial charge in [-0.1, -0.05) is 24.3 Å². The van der Waals surface area contributed by atoms with Crippen LogP contribution in [0.4, 0.5) is 4.79 Å². The van der Waals surface area contributed by atoms with Gasteiger partial charge in [0.05, 0.1) is 13.7 Å². The number of Topliss-reactive ketones (excluding diaryl/α,β-unsaturated/α-hetero) is 1. The van der Waals surface area contributed by atoms with Gasteiger partial charge >= 0.3 is 6.03 Å². The Morgan fingerprint density at radius 3 is 2.45 bits per heavy atom. The SMILES string of the molecule is COc1ccc([C@@]2(C)NC(=O)N(CC(=O)c3ccc4c(c3)CCCC4)C2=O)cc1. The highest BCUT2D eigenvalue weighted by Crippen LogP contribution is 2.30. The van der Waals surface area contributed by atoms with E-state index in [1.54, 1.807) is 44.4 Å². The van der Waals surface area contributed by atoms with Gasteiger partial charge in [-0.3, -0.25) is 14.5 Å². The second-order valence-corrected chi connectivity index (χ2v) is 7.79. The molecule has 0 radical (unpaired) electrons. The predicted molar refractivity (Wildman–Crippen MR) is 108 cm³/mol. The highest BCUT2D eigenvalue weighted by atomic mass is 16.5. The van der Waals surface area contributed by atoms with Gasteiger partial charge in [-0.25, -0.2) is 4.79 Å². The number of methoxy groups -OCH3 is 1. The summed E-state index contributed by atoms with van der Waals surface area (Å²) in [5.74, 6) is -0.00611.